The fourth-order valence-electron chi connectivity index (χ4n) is 1.02. The van der Waals surface area contributed by atoms with Gasteiger partial charge in [-0.05, 0) is 20.8 Å². The van der Waals surface area contributed by atoms with Crippen molar-refractivity contribution in [1.29, 1.82) is 0 Å². The molecule has 0 saturated carbocycles. The zero-order valence-electron chi connectivity index (χ0n) is 9.74. The zero-order chi connectivity index (χ0) is 13.1. The highest BCUT2D eigenvalue weighted by atomic mass is 127. The fraction of sp³-hybridized carbons (Fsp3) is 0.364. The number of amides is 1. The maximum absolute atomic E-state index is 11.5. The van der Waals surface area contributed by atoms with E-state index in [1.807, 2.05) is 22.6 Å². The SMILES string of the molecule is [C-]#[N+]c1nccc(NC(=O)OC(C)(C)C)c1I. The Kier molecular flexibility index (Phi) is 4.28. The van der Waals surface area contributed by atoms with Crippen LogP contribution in [0, 0.1) is 10.1 Å². The Balaban J connectivity index is 2.83. The largest absolute Gasteiger partial charge is 0.444 e. The number of carbonyl (C=O) groups is 1. The number of rotatable bonds is 1. The molecule has 90 valence electrons. The summed E-state index contributed by atoms with van der Waals surface area (Å²) in [5, 5.41) is 2.59. The Morgan fingerprint density at radius 2 is 2.24 bits per heavy atom. The Labute approximate surface area is 114 Å². The lowest BCUT2D eigenvalue weighted by molar-refractivity contribution is 0.0636. The first-order valence-electron chi connectivity index (χ1n) is 4.85. The quantitative estimate of drug-likeness (QED) is 0.625. The van der Waals surface area contributed by atoms with Crippen LogP contribution in [0.2, 0.25) is 0 Å². The van der Waals surface area contributed by atoms with Crippen molar-refractivity contribution in [3.8, 4) is 0 Å². The maximum atomic E-state index is 11.5. The molecule has 0 bridgehead atoms. The second kappa shape index (κ2) is 5.31. The molecule has 0 aliphatic heterocycles. The highest BCUT2D eigenvalue weighted by Gasteiger charge is 2.17. The predicted molar refractivity (Wildman–Crippen MR) is 73.1 cm³/mol. The molecule has 1 amide bonds. The first-order chi connectivity index (χ1) is 7.83. The minimum atomic E-state index is -0.550. The van der Waals surface area contributed by atoms with Gasteiger partial charge in [-0.1, -0.05) is 29.2 Å². The van der Waals surface area contributed by atoms with Crippen LogP contribution in [0.1, 0.15) is 20.8 Å². The Morgan fingerprint density at radius 1 is 1.59 bits per heavy atom. The number of pyridine rings is 1. The van der Waals surface area contributed by atoms with E-state index in [9.17, 15) is 4.79 Å². The molecule has 0 unspecified atom stereocenters. The molecule has 0 fully saturated rings. The van der Waals surface area contributed by atoms with Crippen molar-refractivity contribution in [3.05, 3.63) is 27.3 Å². The van der Waals surface area contributed by atoms with Crippen LogP contribution < -0.4 is 5.32 Å². The van der Waals surface area contributed by atoms with Crippen molar-refractivity contribution in [2.75, 3.05) is 5.32 Å². The highest BCUT2D eigenvalue weighted by Crippen LogP contribution is 2.26. The fourth-order valence-corrected chi connectivity index (χ4v) is 1.60. The monoisotopic (exact) mass is 345 g/mol. The molecule has 1 N–H and O–H groups in total. The molecule has 0 spiro atoms. The predicted octanol–water partition coefficient (Wildman–Crippen LogP) is 3.58. The lowest BCUT2D eigenvalue weighted by Crippen LogP contribution is -2.27. The number of nitrogens with zero attached hydrogens (tertiary/aromatic N) is 2. The van der Waals surface area contributed by atoms with Gasteiger partial charge in [-0.2, -0.15) is 0 Å². The first-order valence-corrected chi connectivity index (χ1v) is 5.93. The van der Waals surface area contributed by atoms with Crippen LogP contribution >= 0.6 is 22.6 Å². The van der Waals surface area contributed by atoms with Gasteiger partial charge < -0.3 is 9.58 Å². The second-order valence-electron chi connectivity index (χ2n) is 4.23. The summed E-state index contributed by atoms with van der Waals surface area (Å²) >= 11 is 1.97. The summed E-state index contributed by atoms with van der Waals surface area (Å²) < 4.78 is 5.72. The highest BCUT2D eigenvalue weighted by molar-refractivity contribution is 14.1. The molecule has 1 heterocycles. The Hall–Kier alpha value is -1.36. The third kappa shape index (κ3) is 4.19. The van der Waals surface area contributed by atoms with E-state index >= 15 is 0 Å². The molecule has 0 radical (unpaired) electrons. The molecular weight excluding hydrogens is 333 g/mol. The smallest absolute Gasteiger partial charge is 0.412 e. The molecule has 0 saturated heterocycles. The van der Waals surface area contributed by atoms with Gasteiger partial charge in [0.1, 0.15) is 11.8 Å². The Bertz CT molecular complexity index is 475. The zero-order valence-corrected chi connectivity index (χ0v) is 11.9. The van der Waals surface area contributed by atoms with Gasteiger partial charge in [0, 0.05) is 6.07 Å². The number of nitrogens with one attached hydrogen (secondary N) is 1. The van der Waals surface area contributed by atoms with Crippen molar-refractivity contribution in [2.24, 2.45) is 0 Å². The van der Waals surface area contributed by atoms with Crippen molar-refractivity contribution in [1.82, 2.24) is 4.98 Å². The third-order valence-electron chi connectivity index (χ3n) is 1.61. The normalized spacial score (nSPS) is 10.5. The average molecular weight is 345 g/mol. The number of carbonyl (C=O) groups excluding carboxylic acids is 1. The minimum Gasteiger partial charge on any atom is -0.444 e. The summed E-state index contributed by atoms with van der Waals surface area (Å²) in [6.45, 7) is 12.3. The van der Waals surface area contributed by atoms with E-state index in [-0.39, 0.29) is 5.82 Å². The molecule has 17 heavy (non-hydrogen) atoms. The van der Waals surface area contributed by atoms with E-state index in [0.29, 0.717) is 9.26 Å². The van der Waals surface area contributed by atoms with Crippen molar-refractivity contribution < 1.29 is 9.53 Å². The summed E-state index contributed by atoms with van der Waals surface area (Å²) in [6, 6.07) is 1.63. The molecule has 0 aliphatic rings. The number of hydrogen-bond acceptors (Lipinski definition) is 3. The van der Waals surface area contributed by atoms with Crippen LogP contribution in [0.15, 0.2) is 12.3 Å². The van der Waals surface area contributed by atoms with Crippen LogP contribution in [0.25, 0.3) is 4.85 Å². The van der Waals surface area contributed by atoms with E-state index in [2.05, 4.69) is 15.1 Å². The number of ether oxygens (including phenoxy) is 1. The molecule has 5 nitrogen and oxygen atoms in total. The van der Waals surface area contributed by atoms with Crippen LogP contribution in [-0.2, 0) is 4.74 Å². The molecule has 1 aromatic rings. The van der Waals surface area contributed by atoms with Gasteiger partial charge in [-0.15, -0.1) is 4.98 Å². The summed E-state index contributed by atoms with van der Waals surface area (Å²) in [4.78, 5) is 18.7. The molecule has 0 atom stereocenters. The third-order valence-corrected chi connectivity index (χ3v) is 2.68. The van der Waals surface area contributed by atoms with Crippen LogP contribution in [-0.4, -0.2) is 16.7 Å². The van der Waals surface area contributed by atoms with E-state index in [4.69, 9.17) is 11.3 Å². The summed E-state index contributed by atoms with van der Waals surface area (Å²) in [5.74, 6) is 0.263. The first kappa shape index (κ1) is 13.7. The van der Waals surface area contributed by atoms with E-state index in [1.54, 1.807) is 26.8 Å². The van der Waals surface area contributed by atoms with Gasteiger partial charge in [0.05, 0.1) is 9.26 Å². The van der Waals surface area contributed by atoms with Gasteiger partial charge in [0.2, 0.25) is 0 Å². The molecule has 0 aliphatic carbocycles. The summed E-state index contributed by atoms with van der Waals surface area (Å²) in [6.07, 6.45) is 0.931. The molecule has 6 heteroatoms. The van der Waals surface area contributed by atoms with Crippen LogP contribution in [0.5, 0.6) is 0 Å². The van der Waals surface area contributed by atoms with Gasteiger partial charge in [0.15, 0.2) is 0 Å². The van der Waals surface area contributed by atoms with Crippen LogP contribution in [0.4, 0.5) is 16.3 Å². The minimum absolute atomic E-state index is 0.263. The van der Waals surface area contributed by atoms with E-state index < -0.39 is 11.7 Å². The van der Waals surface area contributed by atoms with Crippen molar-refractivity contribution in [2.45, 2.75) is 26.4 Å². The van der Waals surface area contributed by atoms with Crippen molar-refractivity contribution in [3.63, 3.8) is 0 Å². The lowest BCUT2D eigenvalue weighted by atomic mass is 10.2. The van der Waals surface area contributed by atoms with Gasteiger partial charge in [-0.25, -0.2) is 4.79 Å². The number of halogens is 1. The summed E-state index contributed by atoms with van der Waals surface area (Å²) in [7, 11) is 0. The van der Waals surface area contributed by atoms with Gasteiger partial charge in [0.25, 0.3) is 5.82 Å². The standard InChI is InChI=1S/C11H12IN3O2/c1-11(2,3)17-10(16)15-7-5-6-14-9(13-4)8(7)12/h5-6H,1-3H3,(H,14,15,16). The topological polar surface area (TPSA) is 55.6 Å². The summed E-state index contributed by atoms with van der Waals surface area (Å²) in [5.41, 5.74) is -0.0219. The van der Waals surface area contributed by atoms with Crippen LogP contribution in [0.3, 0.4) is 0 Å². The van der Waals surface area contributed by atoms with Gasteiger partial charge in [-0.3, -0.25) is 5.32 Å². The van der Waals surface area contributed by atoms with E-state index in [1.165, 1.54) is 6.20 Å². The Morgan fingerprint density at radius 3 is 2.76 bits per heavy atom. The second-order valence-corrected chi connectivity index (χ2v) is 5.31. The maximum Gasteiger partial charge on any atom is 0.412 e. The molecular formula is C11H12IN3O2. The molecule has 0 aromatic carbocycles. The van der Waals surface area contributed by atoms with Crippen molar-refractivity contribution >= 4 is 40.2 Å². The number of hydrogen-bond donors (Lipinski definition) is 1. The van der Waals surface area contributed by atoms with E-state index in [0.717, 1.165) is 0 Å². The van der Waals surface area contributed by atoms with Gasteiger partial charge >= 0.3 is 6.09 Å². The lowest BCUT2D eigenvalue weighted by Gasteiger charge is -2.20. The molecule has 1 rings (SSSR count). The average Bonchev–Trinajstić information content (AvgIpc) is 2.18. The number of aromatic nitrogens is 1. The number of anilines is 1. The molecule has 1 aromatic heterocycles.